The highest BCUT2D eigenvalue weighted by Crippen LogP contribution is 2.19. The fourth-order valence-electron chi connectivity index (χ4n) is 1.02. The summed E-state index contributed by atoms with van der Waals surface area (Å²) in [6.45, 7) is 0. The summed E-state index contributed by atoms with van der Waals surface area (Å²) in [5.41, 5.74) is 0. The van der Waals surface area contributed by atoms with E-state index in [9.17, 15) is 4.79 Å². The quantitative estimate of drug-likeness (QED) is 0.576. The summed E-state index contributed by atoms with van der Waals surface area (Å²) < 4.78 is 4.94. The molecule has 0 spiro atoms. The molecule has 1 aliphatic carbocycles. The summed E-state index contributed by atoms with van der Waals surface area (Å²) in [4.78, 5) is 10.4. The van der Waals surface area contributed by atoms with Crippen LogP contribution in [-0.4, -0.2) is 24.3 Å². The van der Waals surface area contributed by atoms with Gasteiger partial charge in [0.15, 0.2) is 0 Å². The first-order valence-electron chi connectivity index (χ1n) is 3.18. The van der Waals surface area contributed by atoms with Crippen LogP contribution < -0.4 is 0 Å². The second-order valence-corrected chi connectivity index (χ2v) is 2.34. The molecule has 0 heterocycles. The number of aliphatic carboxylic acids is 1. The molecule has 0 aliphatic heterocycles. The summed E-state index contributed by atoms with van der Waals surface area (Å²) in [6, 6.07) is 0. The number of hydrogen-bond acceptors (Lipinski definition) is 2. The van der Waals surface area contributed by atoms with Crippen LogP contribution >= 0.6 is 0 Å². The van der Waals surface area contributed by atoms with Crippen molar-refractivity contribution >= 4 is 5.97 Å². The van der Waals surface area contributed by atoms with Gasteiger partial charge < -0.3 is 9.84 Å². The summed E-state index contributed by atoms with van der Waals surface area (Å²) in [6.07, 6.45) is 4.04. The Kier molecular flexibility index (Phi) is 2.06. The van der Waals surface area contributed by atoms with E-state index >= 15 is 0 Å². The number of carboxylic acid groups (broad SMARTS) is 1. The van der Waals surface area contributed by atoms with Gasteiger partial charge in [-0.2, -0.15) is 0 Å². The van der Waals surface area contributed by atoms with E-state index in [1.807, 2.05) is 0 Å². The predicted octanol–water partition coefficient (Wildman–Crippen LogP) is 0.662. The molecular weight excluding hydrogens is 132 g/mol. The number of methoxy groups -OCH3 is 1. The average molecular weight is 142 g/mol. The number of ether oxygens (including phenoxy) is 1. The molecule has 2 atom stereocenters. The smallest absolute Gasteiger partial charge is 0.310 e. The lowest BCUT2D eigenvalue weighted by molar-refractivity contribution is -0.140. The molecule has 1 aliphatic rings. The zero-order valence-electron chi connectivity index (χ0n) is 5.78. The van der Waals surface area contributed by atoms with Gasteiger partial charge in [0.25, 0.3) is 0 Å². The standard InChI is InChI=1S/C7H10O3/c1-10-6-3-2-5(4-6)7(8)9/h2-3,5-6H,4H2,1H3,(H,8,9)/t5-,6+/m1/s1. The maximum Gasteiger partial charge on any atom is 0.310 e. The monoisotopic (exact) mass is 142 g/mol. The van der Waals surface area contributed by atoms with E-state index in [2.05, 4.69) is 0 Å². The van der Waals surface area contributed by atoms with Gasteiger partial charge in [-0.25, -0.2) is 0 Å². The van der Waals surface area contributed by atoms with Crippen molar-refractivity contribution in [3.8, 4) is 0 Å². The van der Waals surface area contributed by atoms with E-state index < -0.39 is 5.97 Å². The Bertz CT molecular complexity index is 162. The summed E-state index contributed by atoms with van der Waals surface area (Å²) in [7, 11) is 1.58. The number of carboxylic acids is 1. The molecule has 0 aromatic rings. The molecule has 0 radical (unpaired) electrons. The molecule has 1 rings (SSSR count). The molecule has 0 saturated heterocycles. The summed E-state index contributed by atoms with van der Waals surface area (Å²) >= 11 is 0. The highest BCUT2D eigenvalue weighted by atomic mass is 16.5. The van der Waals surface area contributed by atoms with Gasteiger partial charge in [-0.15, -0.1) is 0 Å². The van der Waals surface area contributed by atoms with Crippen molar-refractivity contribution in [2.45, 2.75) is 12.5 Å². The van der Waals surface area contributed by atoms with E-state index in [0.29, 0.717) is 6.42 Å². The molecule has 3 nitrogen and oxygen atoms in total. The highest BCUT2D eigenvalue weighted by Gasteiger charge is 2.23. The van der Waals surface area contributed by atoms with Gasteiger partial charge in [0.05, 0.1) is 12.0 Å². The van der Waals surface area contributed by atoms with Gasteiger partial charge in [-0.1, -0.05) is 12.2 Å². The minimum absolute atomic E-state index is 0.00102. The van der Waals surface area contributed by atoms with Crippen LogP contribution in [0.2, 0.25) is 0 Å². The van der Waals surface area contributed by atoms with E-state index in [1.54, 1.807) is 19.3 Å². The Hall–Kier alpha value is -0.830. The first kappa shape index (κ1) is 7.28. The topological polar surface area (TPSA) is 46.5 Å². The molecule has 56 valence electrons. The van der Waals surface area contributed by atoms with Crippen LogP contribution in [0.4, 0.5) is 0 Å². The van der Waals surface area contributed by atoms with Crippen molar-refractivity contribution in [3.63, 3.8) is 0 Å². The second kappa shape index (κ2) is 2.84. The van der Waals surface area contributed by atoms with Gasteiger partial charge in [-0.05, 0) is 6.42 Å². The van der Waals surface area contributed by atoms with E-state index in [-0.39, 0.29) is 12.0 Å². The Labute approximate surface area is 59.3 Å². The maximum absolute atomic E-state index is 10.4. The Morgan fingerprint density at radius 1 is 1.70 bits per heavy atom. The third kappa shape index (κ3) is 1.36. The Morgan fingerprint density at radius 3 is 2.70 bits per heavy atom. The Balaban J connectivity index is 2.45. The summed E-state index contributed by atoms with van der Waals surface area (Å²) in [5.74, 6) is -1.11. The van der Waals surface area contributed by atoms with Gasteiger partial charge in [-0.3, -0.25) is 4.79 Å². The van der Waals surface area contributed by atoms with Crippen LogP contribution in [0.25, 0.3) is 0 Å². The molecular formula is C7H10O3. The lowest BCUT2D eigenvalue weighted by atomic mass is 10.1. The molecule has 0 unspecified atom stereocenters. The fraction of sp³-hybridized carbons (Fsp3) is 0.571. The van der Waals surface area contributed by atoms with Crippen molar-refractivity contribution < 1.29 is 14.6 Å². The van der Waals surface area contributed by atoms with E-state index in [1.165, 1.54) is 0 Å². The van der Waals surface area contributed by atoms with E-state index in [4.69, 9.17) is 9.84 Å². The molecule has 0 bridgehead atoms. The zero-order valence-corrected chi connectivity index (χ0v) is 5.78. The summed E-state index contributed by atoms with van der Waals surface area (Å²) in [5, 5.41) is 8.52. The molecule has 0 aromatic carbocycles. The SMILES string of the molecule is CO[C@H]1C=C[C@@H](C(=O)O)C1. The number of rotatable bonds is 2. The van der Waals surface area contributed by atoms with Crippen molar-refractivity contribution in [2.24, 2.45) is 5.92 Å². The maximum atomic E-state index is 10.4. The fourth-order valence-corrected chi connectivity index (χ4v) is 1.02. The number of carbonyl (C=O) groups is 1. The predicted molar refractivity (Wildman–Crippen MR) is 35.7 cm³/mol. The number of hydrogen-bond donors (Lipinski definition) is 1. The van der Waals surface area contributed by atoms with Gasteiger partial charge in [0.2, 0.25) is 0 Å². The third-order valence-electron chi connectivity index (χ3n) is 1.66. The molecule has 0 aromatic heterocycles. The zero-order chi connectivity index (χ0) is 7.56. The van der Waals surface area contributed by atoms with Crippen molar-refractivity contribution in [3.05, 3.63) is 12.2 Å². The van der Waals surface area contributed by atoms with Crippen molar-refractivity contribution in [2.75, 3.05) is 7.11 Å². The van der Waals surface area contributed by atoms with Crippen LogP contribution in [0.15, 0.2) is 12.2 Å². The largest absolute Gasteiger partial charge is 0.481 e. The molecule has 3 heteroatoms. The second-order valence-electron chi connectivity index (χ2n) is 2.34. The van der Waals surface area contributed by atoms with Crippen LogP contribution in [0.3, 0.4) is 0 Å². The van der Waals surface area contributed by atoms with E-state index in [0.717, 1.165) is 0 Å². The molecule has 1 N–H and O–H groups in total. The van der Waals surface area contributed by atoms with Crippen molar-refractivity contribution in [1.29, 1.82) is 0 Å². The van der Waals surface area contributed by atoms with Crippen LogP contribution in [0.5, 0.6) is 0 Å². The minimum Gasteiger partial charge on any atom is -0.481 e. The first-order chi connectivity index (χ1) is 4.74. The van der Waals surface area contributed by atoms with Crippen LogP contribution in [0, 0.1) is 5.92 Å². The van der Waals surface area contributed by atoms with Gasteiger partial charge in [0, 0.05) is 7.11 Å². The first-order valence-corrected chi connectivity index (χ1v) is 3.18. The Morgan fingerprint density at radius 2 is 2.40 bits per heavy atom. The van der Waals surface area contributed by atoms with Crippen LogP contribution in [0.1, 0.15) is 6.42 Å². The molecule has 10 heavy (non-hydrogen) atoms. The minimum atomic E-state index is -0.768. The lowest BCUT2D eigenvalue weighted by Crippen LogP contribution is -2.12. The third-order valence-corrected chi connectivity index (χ3v) is 1.66. The van der Waals surface area contributed by atoms with Crippen LogP contribution in [-0.2, 0) is 9.53 Å². The average Bonchev–Trinajstić information content (AvgIpc) is 2.34. The van der Waals surface area contributed by atoms with Crippen molar-refractivity contribution in [1.82, 2.24) is 0 Å². The lowest BCUT2D eigenvalue weighted by Gasteiger charge is -2.05. The molecule has 0 amide bonds. The van der Waals surface area contributed by atoms with Gasteiger partial charge in [0.1, 0.15) is 0 Å². The molecule has 0 fully saturated rings. The highest BCUT2D eigenvalue weighted by molar-refractivity contribution is 5.72. The normalized spacial score (nSPS) is 30.9. The molecule has 0 saturated carbocycles. The van der Waals surface area contributed by atoms with Gasteiger partial charge >= 0.3 is 5.97 Å².